The molecule has 1 N–H and O–H groups in total. The molecule has 25 heavy (non-hydrogen) atoms. The lowest BCUT2D eigenvalue weighted by Crippen LogP contribution is -2.58. The molecule has 0 heterocycles. The van der Waals surface area contributed by atoms with Crippen molar-refractivity contribution in [2.24, 2.45) is 0 Å². The molecule has 1 saturated carbocycles. The van der Waals surface area contributed by atoms with Gasteiger partial charge in [-0.05, 0) is 62.5 Å². The van der Waals surface area contributed by atoms with Crippen LogP contribution in [0.2, 0.25) is 36.3 Å². The summed E-state index contributed by atoms with van der Waals surface area (Å²) in [4.78, 5) is 0. The van der Waals surface area contributed by atoms with Gasteiger partial charge in [0.05, 0.1) is 5.76 Å². The summed E-state index contributed by atoms with van der Waals surface area (Å²) in [5, 5.41) is 10.7. The van der Waals surface area contributed by atoms with Crippen LogP contribution in [0.5, 0.6) is 0 Å². The average Bonchev–Trinajstić information content (AvgIpc) is 2.34. The van der Waals surface area contributed by atoms with E-state index < -0.39 is 22.4 Å². The molecule has 5 heteroatoms. The van der Waals surface area contributed by atoms with E-state index in [9.17, 15) is 5.11 Å². The minimum absolute atomic E-state index is 0.0999. The fourth-order valence-electron chi connectivity index (χ4n) is 2.83. The molecule has 0 aromatic carbocycles. The number of rotatable bonds is 4. The quantitative estimate of drug-likeness (QED) is 0.317. The molecule has 0 radical (unpaired) electrons. The van der Waals surface area contributed by atoms with Gasteiger partial charge in [0, 0.05) is 12.0 Å². The second kappa shape index (κ2) is 7.14. The van der Waals surface area contributed by atoms with Crippen molar-refractivity contribution < 1.29 is 14.0 Å². The first-order valence-electron chi connectivity index (χ1n) is 9.75. The molecule has 0 aliphatic heterocycles. The zero-order valence-corrected chi connectivity index (χ0v) is 20.6. The van der Waals surface area contributed by atoms with Crippen molar-refractivity contribution >= 4 is 16.6 Å². The third-order valence-corrected chi connectivity index (χ3v) is 15.4. The first-order valence-corrected chi connectivity index (χ1v) is 15.6. The molecule has 3 nitrogen and oxygen atoms in total. The third-order valence-electron chi connectivity index (χ3n) is 6.53. The Morgan fingerprint density at radius 3 is 1.60 bits per heavy atom. The van der Waals surface area contributed by atoms with E-state index in [1.165, 1.54) is 0 Å². The summed E-state index contributed by atoms with van der Waals surface area (Å²) in [6.45, 7) is 24.5. The maximum Gasteiger partial charge on any atom is 0.196 e. The normalized spacial score (nSPS) is 22.0. The SMILES string of the molecule is CC(O)=C1CCCCC1(O[Si](C)(C)C(C)(C)C)O[Si](C)(C)C(C)(C)C. The molecule has 148 valence electrons. The van der Waals surface area contributed by atoms with Gasteiger partial charge in [0.1, 0.15) is 0 Å². The van der Waals surface area contributed by atoms with Crippen molar-refractivity contribution in [1.82, 2.24) is 0 Å². The van der Waals surface area contributed by atoms with E-state index >= 15 is 0 Å². The van der Waals surface area contributed by atoms with E-state index in [0.29, 0.717) is 5.76 Å². The van der Waals surface area contributed by atoms with Crippen LogP contribution in [-0.2, 0) is 8.85 Å². The smallest absolute Gasteiger partial charge is 0.196 e. The highest BCUT2D eigenvalue weighted by atomic mass is 28.4. The third kappa shape index (κ3) is 4.99. The van der Waals surface area contributed by atoms with Crippen LogP contribution in [-0.4, -0.2) is 27.5 Å². The summed E-state index contributed by atoms with van der Waals surface area (Å²) in [7, 11) is -4.12. The van der Waals surface area contributed by atoms with E-state index in [1.807, 2.05) is 0 Å². The second-order valence-electron chi connectivity index (χ2n) is 10.7. The summed E-state index contributed by atoms with van der Waals surface area (Å²) >= 11 is 0. The average molecular weight is 387 g/mol. The molecule has 0 saturated heterocycles. The summed E-state index contributed by atoms with van der Waals surface area (Å²) < 4.78 is 13.9. The number of aliphatic hydroxyl groups is 1. The fourth-order valence-corrected chi connectivity index (χ4v) is 5.71. The van der Waals surface area contributed by atoms with Crippen LogP contribution < -0.4 is 0 Å². The van der Waals surface area contributed by atoms with Crippen LogP contribution in [0.25, 0.3) is 0 Å². The van der Waals surface area contributed by atoms with Gasteiger partial charge in [-0.25, -0.2) is 0 Å². The van der Waals surface area contributed by atoms with Crippen molar-refractivity contribution in [1.29, 1.82) is 0 Å². The highest BCUT2D eigenvalue weighted by molar-refractivity contribution is 6.75. The van der Waals surface area contributed by atoms with Gasteiger partial charge in [-0.3, -0.25) is 0 Å². The van der Waals surface area contributed by atoms with Crippen LogP contribution in [0.1, 0.15) is 74.1 Å². The Labute approximate surface area is 158 Å². The molecular formula is C20H42O3Si2. The van der Waals surface area contributed by atoms with Crippen LogP contribution in [0.4, 0.5) is 0 Å². The monoisotopic (exact) mass is 386 g/mol. The molecule has 0 bridgehead atoms. The maximum absolute atomic E-state index is 10.5. The molecule has 0 amide bonds. The summed E-state index contributed by atoms with van der Waals surface area (Å²) in [5.74, 6) is -0.361. The van der Waals surface area contributed by atoms with Crippen molar-refractivity contribution in [2.75, 3.05) is 0 Å². The minimum atomic E-state index is -2.06. The summed E-state index contributed by atoms with van der Waals surface area (Å²) in [5.41, 5.74) is 0.980. The van der Waals surface area contributed by atoms with Crippen molar-refractivity contribution in [3.05, 3.63) is 11.3 Å². The number of aliphatic hydroxyl groups excluding tert-OH is 1. The van der Waals surface area contributed by atoms with Gasteiger partial charge in [0.15, 0.2) is 22.4 Å². The lowest BCUT2D eigenvalue weighted by Gasteiger charge is -2.52. The van der Waals surface area contributed by atoms with Crippen LogP contribution in [0.15, 0.2) is 11.3 Å². The van der Waals surface area contributed by atoms with Crippen LogP contribution in [0, 0.1) is 0 Å². The highest BCUT2D eigenvalue weighted by Gasteiger charge is 2.53. The fraction of sp³-hybridized carbons (Fsp3) is 0.900. The lowest BCUT2D eigenvalue weighted by atomic mass is 9.88. The van der Waals surface area contributed by atoms with Gasteiger partial charge in [0.2, 0.25) is 0 Å². The van der Waals surface area contributed by atoms with Gasteiger partial charge in [-0.2, -0.15) is 0 Å². The largest absolute Gasteiger partial charge is 0.512 e. The zero-order chi connectivity index (χ0) is 19.9. The van der Waals surface area contributed by atoms with Crippen LogP contribution >= 0.6 is 0 Å². The zero-order valence-electron chi connectivity index (χ0n) is 18.6. The first kappa shape index (κ1) is 22.9. The van der Waals surface area contributed by atoms with Gasteiger partial charge in [0.25, 0.3) is 0 Å². The van der Waals surface area contributed by atoms with E-state index in [4.69, 9.17) is 8.85 Å². The van der Waals surface area contributed by atoms with Crippen molar-refractivity contribution in [2.45, 2.75) is 116 Å². The van der Waals surface area contributed by atoms with Gasteiger partial charge >= 0.3 is 0 Å². The molecule has 0 aromatic heterocycles. The molecule has 0 atom stereocenters. The van der Waals surface area contributed by atoms with E-state index in [0.717, 1.165) is 31.3 Å². The molecular weight excluding hydrogens is 344 g/mol. The molecule has 0 spiro atoms. The molecule has 1 aliphatic rings. The second-order valence-corrected chi connectivity index (χ2v) is 20.2. The Hall–Kier alpha value is -0.106. The summed E-state index contributed by atoms with van der Waals surface area (Å²) in [6, 6.07) is 0. The Kier molecular flexibility index (Phi) is 6.55. The first-order chi connectivity index (χ1) is 11.0. The maximum atomic E-state index is 10.5. The number of hydrogen-bond acceptors (Lipinski definition) is 3. The predicted octanol–water partition coefficient (Wildman–Crippen LogP) is 7.13. The highest BCUT2D eigenvalue weighted by Crippen LogP contribution is 2.50. The Balaban J connectivity index is 3.45. The topological polar surface area (TPSA) is 38.7 Å². The number of allylic oxidation sites excluding steroid dienone is 1. The van der Waals surface area contributed by atoms with Gasteiger partial charge < -0.3 is 14.0 Å². The Morgan fingerprint density at radius 2 is 1.28 bits per heavy atom. The molecule has 1 fully saturated rings. The summed E-state index contributed by atoms with van der Waals surface area (Å²) in [6.07, 6.45) is 3.89. The molecule has 0 aromatic rings. The molecule has 0 unspecified atom stereocenters. The van der Waals surface area contributed by atoms with Crippen LogP contribution in [0.3, 0.4) is 0 Å². The van der Waals surface area contributed by atoms with E-state index in [-0.39, 0.29) is 10.1 Å². The number of hydrogen-bond donors (Lipinski definition) is 1. The molecule has 1 rings (SSSR count). The van der Waals surface area contributed by atoms with E-state index in [2.05, 4.69) is 67.7 Å². The minimum Gasteiger partial charge on any atom is -0.512 e. The van der Waals surface area contributed by atoms with E-state index in [1.54, 1.807) is 6.92 Å². The molecule has 1 aliphatic carbocycles. The van der Waals surface area contributed by atoms with Gasteiger partial charge in [-0.1, -0.05) is 41.5 Å². The Bertz CT molecular complexity index is 476. The standard InChI is InChI=1S/C20H42O3Si2/c1-16(21)17-14-12-13-15-20(17,22-24(8,9)18(2,3)4)23-25(10,11)19(5,6)7/h21H,12-15H2,1-11H3. The van der Waals surface area contributed by atoms with Crippen molar-refractivity contribution in [3.8, 4) is 0 Å². The van der Waals surface area contributed by atoms with Gasteiger partial charge in [-0.15, -0.1) is 0 Å². The Morgan fingerprint density at radius 1 is 0.880 bits per heavy atom. The lowest BCUT2D eigenvalue weighted by molar-refractivity contribution is -0.120. The predicted molar refractivity (Wildman–Crippen MR) is 113 cm³/mol. The van der Waals surface area contributed by atoms with Crippen molar-refractivity contribution in [3.63, 3.8) is 0 Å².